The normalized spacial score (nSPS) is 12.1. The van der Waals surface area contributed by atoms with Crippen molar-refractivity contribution in [3.05, 3.63) is 252 Å². The largest absolute Gasteiger partial charge is 0.312 e. The van der Waals surface area contributed by atoms with Crippen molar-refractivity contribution in [1.82, 2.24) is 0 Å². The van der Waals surface area contributed by atoms with Crippen molar-refractivity contribution < 1.29 is 0 Å². The average Bonchev–Trinajstić information content (AvgIpc) is 3.35. The molecule has 0 saturated heterocycles. The van der Waals surface area contributed by atoms with E-state index in [4.69, 9.17) is 6.57 Å². The molecule has 2 aliphatic heterocycles. The summed E-state index contributed by atoms with van der Waals surface area (Å²) >= 11 is 0. The number of fused-ring (bicyclic) bond motifs is 4. The van der Waals surface area contributed by atoms with Gasteiger partial charge in [0.2, 0.25) is 0 Å². The van der Waals surface area contributed by atoms with Gasteiger partial charge in [-0.25, -0.2) is 4.85 Å². The van der Waals surface area contributed by atoms with E-state index in [1.54, 1.807) is 0 Å². The summed E-state index contributed by atoms with van der Waals surface area (Å²) in [6, 6.07) is 77.8. The van der Waals surface area contributed by atoms with Gasteiger partial charge in [-0.15, -0.1) is 0 Å². The minimum atomic E-state index is -0.117. The van der Waals surface area contributed by atoms with Gasteiger partial charge < -0.3 is 9.80 Å². The number of anilines is 6. The molecule has 0 aromatic heterocycles. The average molecular weight is 803 g/mol. The molecule has 2 heterocycles. The van der Waals surface area contributed by atoms with E-state index < -0.39 is 0 Å². The van der Waals surface area contributed by atoms with E-state index in [-0.39, 0.29) is 6.71 Å². The quantitative estimate of drug-likeness (QED) is 0.113. The van der Waals surface area contributed by atoms with E-state index in [9.17, 15) is 5.26 Å². The molecular weight excluding hydrogens is 763 g/mol. The summed E-state index contributed by atoms with van der Waals surface area (Å²) in [5.74, 6) is 0. The molecule has 0 fully saturated rings. The predicted octanol–water partition coefficient (Wildman–Crippen LogP) is 12.7. The van der Waals surface area contributed by atoms with Crippen molar-refractivity contribution in [2.45, 2.75) is 12.8 Å². The minimum Gasteiger partial charge on any atom is -0.312 e. The van der Waals surface area contributed by atoms with Crippen molar-refractivity contribution in [2.75, 3.05) is 9.80 Å². The maximum Gasteiger partial charge on any atom is 0.252 e. The molecule has 63 heavy (non-hydrogen) atoms. The second kappa shape index (κ2) is 15.9. The maximum absolute atomic E-state index is 9.86. The van der Waals surface area contributed by atoms with Crippen LogP contribution in [-0.4, -0.2) is 6.71 Å². The highest BCUT2D eigenvalue weighted by atomic mass is 15.2. The van der Waals surface area contributed by atoms with Crippen molar-refractivity contribution in [1.29, 1.82) is 5.26 Å². The Morgan fingerprint density at radius 1 is 0.460 bits per heavy atom. The molecule has 0 radical (unpaired) electrons. The second-order valence-corrected chi connectivity index (χ2v) is 16.3. The van der Waals surface area contributed by atoms with E-state index in [0.717, 1.165) is 47.0 Å². The fourth-order valence-electron chi connectivity index (χ4n) is 9.73. The Hall–Kier alpha value is -8.38. The van der Waals surface area contributed by atoms with Crippen LogP contribution in [0.5, 0.6) is 0 Å². The molecule has 0 amide bonds. The number of rotatable bonds is 8. The molecule has 0 bridgehead atoms. The second-order valence-electron chi connectivity index (χ2n) is 16.3. The lowest BCUT2D eigenvalue weighted by Crippen LogP contribution is -2.61. The van der Waals surface area contributed by atoms with Gasteiger partial charge >= 0.3 is 0 Å². The Bertz CT molecular complexity index is 3010. The Balaban J connectivity index is 1.24. The van der Waals surface area contributed by atoms with Gasteiger partial charge in [-0.05, 0) is 134 Å². The molecule has 0 N–H and O–H groups in total. The Morgan fingerprint density at radius 3 is 1.32 bits per heavy atom. The Labute approximate surface area is 369 Å². The third kappa shape index (κ3) is 6.74. The fraction of sp³-hybridized carbons (Fsp3) is 0.0345. The molecule has 9 aromatic carbocycles. The first-order valence-corrected chi connectivity index (χ1v) is 21.4. The SMILES string of the molecule is [C-]#[N+]c1ccc(N2c3cc(-c4ccccc4)c(Cc4ccccc4)cc3B3c4cc(Cc5ccccc5)c(-c5ccccc5)cc4N(c4ccc(C#N)cc4)c4cccc2c43)cc1. The summed E-state index contributed by atoms with van der Waals surface area (Å²) in [6.07, 6.45) is 1.55. The van der Waals surface area contributed by atoms with Gasteiger partial charge in [-0.3, -0.25) is 0 Å². The lowest BCUT2D eigenvalue weighted by molar-refractivity contribution is 1.18. The van der Waals surface area contributed by atoms with Gasteiger partial charge in [0.05, 0.1) is 18.2 Å². The van der Waals surface area contributed by atoms with E-state index in [1.807, 2.05) is 24.3 Å². The van der Waals surface area contributed by atoms with Crippen molar-refractivity contribution in [3.8, 4) is 28.3 Å². The molecule has 0 aliphatic carbocycles. The first-order valence-electron chi connectivity index (χ1n) is 21.4. The van der Waals surface area contributed by atoms with Crippen LogP contribution in [-0.2, 0) is 12.8 Å². The van der Waals surface area contributed by atoms with Crippen molar-refractivity contribution >= 4 is 62.9 Å². The molecule has 11 rings (SSSR count). The third-order valence-electron chi connectivity index (χ3n) is 12.6. The summed E-state index contributed by atoms with van der Waals surface area (Å²) < 4.78 is 0. The molecule has 9 aromatic rings. The van der Waals surface area contributed by atoms with Crippen LogP contribution < -0.4 is 26.2 Å². The van der Waals surface area contributed by atoms with Gasteiger partial charge in [0.25, 0.3) is 6.71 Å². The molecule has 2 aliphatic rings. The molecule has 294 valence electrons. The van der Waals surface area contributed by atoms with Gasteiger partial charge in [-0.1, -0.05) is 152 Å². The van der Waals surface area contributed by atoms with Crippen LogP contribution in [0.4, 0.5) is 39.8 Å². The first kappa shape index (κ1) is 37.6. The van der Waals surface area contributed by atoms with Crippen LogP contribution in [0.25, 0.3) is 27.1 Å². The van der Waals surface area contributed by atoms with Gasteiger partial charge in [0.1, 0.15) is 0 Å². The Morgan fingerprint density at radius 2 is 0.889 bits per heavy atom. The molecule has 5 heteroatoms. The monoisotopic (exact) mass is 802 g/mol. The van der Waals surface area contributed by atoms with E-state index in [0.29, 0.717) is 11.3 Å². The number of nitriles is 1. The van der Waals surface area contributed by atoms with Gasteiger partial charge in [-0.2, -0.15) is 5.26 Å². The standard InChI is InChI=1S/C58H39BN4/c1-61-47-27-31-49(32-28-47)63-55-24-14-23-54-58(55)59(53-36-46(34-41-17-8-3-9-18-41)51(38-57(53)63)44-21-12-5-13-22-44)52-35-45(33-40-15-6-2-7-16-40)50(43-19-10-4-11-20-43)37-56(52)62(54)48-29-25-42(39-60)26-30-48/h2-32,35-38H,33-34H2. The van der Waals surface area contributed by atoms with Crippen LogP contribution in [0.15, 0.2) is 212 Å². The predicted molar refractivity (Wildman–Crippen MR) is 261 cm³/mol. The Kier molecular flexibility index (Phi) is 9.50. The lowest BCUT2D eigenvalue weighted by Gasteiger charge is -2.45. The van der Waals surface area contributed by atoms with Crippen LogP contribution in [0.3, 0.4) is 0 Å². The highest BCUT2D eigenvalue weighted by molar-refractivity contribution is 7.00. The van der Waals surface area contributed by atoms with Crippen LogP contribution in [0.2, 0.25) is 0 Å². The summed E-state index contributed by atoms with van der Waals surface area (Å²) in [5, 5.41) is 9.86. The summed E-state index contributed by atoms with van der Waals surface area (Å²) in [7, 11) is 0. The van der Waals surface area contributed by atoms with Crippen molar-refractivity contribution in [2.24, 2.45) is 0 Å². The summed E-state index contributed by atoms with van der Waals surface area (Å²) in [5.41, 5.74) is 21.1. The topological polar surface area (TPSA) is 34.6 Å². The van der Waals surface area contributed by atoms with E-state index >= 15 is 0 Å². The van der Waals surface area contributed by atoms with E-state index in [1.165, 1.54) is 60.9 Å². The summed E-state index contributed by atoms with van der Waals surface area (Å²) in [4.78, 5) is 8.56. The zero-order chi connectivity index (χ0) is 42.3. The lowest BCUT2D eigenvalue weighted by atomic mass is 9.33. The van der Waals surface area contributed by atoms with E-state index in [2.05, 4.69) is 209 Å². The van der Waals surface area contributed by atoms with Crippen LogP contribution in [0, 0.1) is 17.9 Å². The van der Waals surface area contributed by atoms with Crippen LogP contribution in [0.1, 0.15) is 27.8 Å². The maximum atomic E-state index is 9.86. The van der Waals surface area contributed by atoms with Crippen molar-refractivity contribution in [3.63, 3.8) is 0 Å². The summed E-state index contributed by atoms with van der Waals surface area (Å²) in [6.45, 7) is 7.65. The highest BCUT2D eigenvalue weighted by Gasteiger charge is 2.44. The van der Waals surface area contributed by atoms with Gasteiger partial charge in [0, 0.05) is 34.1 Å². The molecule has 0 unspecified atom stereocenters. The molecule has 0 saturated carbocycles. The zero-order valence-electron chi connectivity index (χ0n) is 34.5. The smallest absolute Gasteiger partial charge is 0.252 e. The first-order chi connectivity index (χ1) is 31.1. The third-order valence-corrected chi connectivity index (χ3v) is 12.6. The number of nitrogens with zero attached hydrogens (tertiary/aromatic N) is 4. The molecule has 4 nitrogen and oxygen atoms in total. The number of benzene rings is 9. The zero-order valence-corrected chi connectivity index (χ0v) is 34.5. The molecule has 0 spiro atoms. The minimum absolute atomic E-state index is 0.117. The molecule has 0 atom stereocenters. The van der Waals surface area contributed by atoms with Gasteiger partial charge in [0.15, 0.2) is 5.69 Å². The molecular formula is C58H39BN4. The highest BCUT2D eigenvalue weighted by Crippen LogP contribution is 2.46. The number of hydrogen-bond donors (Lipinski definition) is 0. The van der Waals surface area contributed by atoms with Crippen LogP contribution >= 0.6 is 0 Å². The fourth-order valence-corrected chi connectivity index (χ4v) is 9.73. The number of hydrogen-bond acceptors (Lipinski definition) is 3.